The molecule has 3 aromatic rings. The van der Waals surface area contributed by atoms with Crippen LogP contribution in [0.5, 0.6) is 0 Å². The van der Waals surface area contributed by atoms with Crippen LogP contribution >= 0.6 is 19.8 Å². The molecule has 35 heavy (non-hydrogen) atoms. The summed E-state index contributed by atoms with van der Waals surface area (Å²) >= 11 is -1.95. The normalized spacial score (nSPS) is 13.5. The van der Waals surface area contributed by atoms with Crippen LogP contribution in [-0.2, 0) is 19.1 Å². The van der Waals surface area contributed by atoms with Gasteiger partial charge in [0.05, 0.1) is 0 Å². The van der Waals surface area contributed by atoms with Crippen LogP contribution in [0, 0.1) is 0 Å². The summed E-state index contributed by atoms with van der Waals surface area (Å²) in [5.74, 6) is -2.35. The van der Waals surface area contributed by atoms with Crippen LogP contribution in [0.25, 0.3) is 21.8 Å². The molecule has 1 aromatic heterocycles. The number of nitrogens with zero attached hydrogens (tertiary/aromatic N) is 1. The van der Waals surface area contributed by atoms with Crippen molar-refractivity contribution in [2.45, 2.75) is 42.8 Å². The van der Waals surface area contributed by atoms with Crippen LogP contribution in [0.3, 0.4) is 0 Å². The number of ether oxygens (including phenoxy) is 1. The van der Waals surface area contributed by atoms with Crippen molar-refractivity contribution in [2.24, 2.45) is 0 Å². The van der Waals surface area contributed by atoms with Crippen LogP contribution in [0.15, 0.2) is 48.5 Å². The Morgan fingerprint density at radius 3 is 1.97 bits per heavy atom. The maximum absolute atomic E-state index is 13.5. The molecular weight excluding hydrogens is 566 g/mol. The fourth-order valence-electron chi connectivity index (χ4n) is 3.96. The summed E-state index contributed by atoms with van der Waals surface area (Å²) in [5.41, 5.74) is 1.51. The Balaban J connectivity index is 1.86. The number of aromatic nitrogens is 1. The van der Waals surface area contributed by atoms with Gasteiger partial charge in [0.25, 0.3) is 0 Å². The second kappa shape index (κ2) is 11.7. The number of para-hydroxylation sites is 2. The predicted octanol–water partition coefficient (Wildman–Crippen LogP) is 4.32. The fourth-order valence-corrected chi connectivity index (χ4v) is 6.53. The topological polar surface area (TPSA) is 94.5 Å². The Kier molecular flexibility index (Phi) is 8.98. The van der Waals surface area contributed by atoms with Gasteiger partial charge in [-0.1, -0.05) is 0 Å². The Hall–Kier alpha value is -2.82. The number of amides is 1. The van der Waals surface area contributed by atoms with Gasteiger partial charge in [-0.15, -0.1) is 0 Å². The van der Waals surface area contributed by atoms with Crippen LogP contribution in [0.1, 0.15) is 31.5 Å². The van der Waals surface area contributed by atoms with Crippen LogP contribution < -0.4 is 5.32 Å². The van der Waals surface area contributed by atoms with E-state index in [1.54, 1.807) is 18.4 Å². The molecule has 1 unspecified atom stereocenters. The van der Waals surface area contributed by atoms with Crippen molar-refractivity contribution in [3.8, 4) is 0 Å². The molecule has 0 aliphatic heterocycles. The van der Waals surface area contributed by atoms with E-state index in [9.17, 15) is 23.6 Å². The van der Waals surface area contributed by atoms with Gasteiger partial charge >= 0.3 is 211 Å². The van der Waals surface area contributed by atoms with Crippen molar-refractivity contribution in [2.75, 3.05) is 16.5 Å². The van der Waals surface area contributed by atoms with Gasteiger partial charge in [0, 0.05) is 0 Å². The third kappa shape index (κ3) is 6.25. The fraction of sp³-hybridized carbons (Fsp3) is 0.385. The minimum atomic E-state index is -1.95. The Bertz CT molecular complexity index is 1200. The molecule has 0 saturated carbocycles. The Morgan fingerprint density at radius 2 is 1.49 bits per heavy atom. The van der Waals surface area contributed by atoms with Gasteiger partial charge in [-0.3, -0.25) is 0 Å². The summed E-state index contributed by atoms with van der Waals surface area (Å²) < 4.78 is 19.2. The van der Waals surface area contributed by atoms with Gasteiger partial charge in [0.15, 0.2) is 0 Å². The molecule has 7 nitrogen and oxygen atoms in total. The number of rotatable bonds is 10. The minimum absolute atomic E-state index is 0.0562. The van der Waals surface area contributed by atoms with Crippen molar-refractivity contribution < 1.29 is 28.3 Å². The van der Waals surface area contributed by atoms with Crippen molar-refractivity contribution >= 4 is 65.2 Å². The molecule has 2 aromatic carbocycles. The third-order valence-electron chi connectivity index (χ3n) is 5.57. The first-order valence-electron chi connectivity index (χ1n) is 11.2. The summed E-state index contributed by atoms with van der Waals surface area (Å²) in [6, 6.07) is 13.8. The average molecular weight is 596 g/mol. The van der Waals surface area contributed by atoms with E-state index in [0.717, 1.165) is 21.8 Å². The monoisotopic (exact) mass is 596 g/mol. The van der Waals surface area contributed by atoms with Crippen molar-refractivity contribution in [3.05, 3.63) is 48.5 Å². The summed E-state index contributed by atoms with van der Waals surface area (Å²) in [7, 11) is 0. The molecule has 1 amide bonds. The van der Waals surface area contributed by atoms with Crippen LogP contribution in [-0.4, -0.2) is 60.7 Å². The van der Waals surface area contributed by atoms with Gasteiger partial charge in [-0.25, -0.2) is 0 Å². The van der Waals surface area contributed by atoms with Crippen molar-refractivity contribution in [1.29, 1.82) is 0 Å². The number of carbonyl (C=O) groups excluding carboxylic acids is 4. The van der Waals surface area contributed by atoms with E-state index < -0.39 is 66.6 Å². The molecule has 0 spiro atoms. The zero-order valence-electron chi connectivity index (χ0n) is 20.2. The molecule has 0 fully saturated rings. The van der Waals surface area contributed by atoms with E-state index in [1.807, 2.05) is 58.4 Å². The number of ketones is 1. The SMILES string of the molecule is CC(C)OC(=O)CC(NC(=O)[C@@H](CC(=O)n1c2ccccc2c2ccccc21)I(C)C)C(=O)CF. The summed E-state index contributed by atoms with van der Waals surface area (Å²) in [4.78, 5) is 54.8. The summed E-state index contributed by atoms with van der Waals surface area (Å²) in [6.45, 7) is 2.00. The third-order valence-corrected chi connectivity index (χ3v) is 9.58. The number of alkyl halides is 4. The van der Waals surface area contributed by atoms with E-state index in [4.69, 9.17) is 4.74 Å². The summed E-state index contributed by atoms with van der Waals surface area (Å²) in [6.07, 6.45) is -0.916. The number of hydrogen-bond acceptors (Lipinski definition) is 5. The molecule has 188 valence electrons. The number of hydrogen-bond donors (Lipinski definition) is 1. The zero-order valence-corrected chi connectivity index (χ0v) is 22.4. The standard InChI is InChI=1S/C26H30FIN2O5/c1-16(2)35-25(33)14-20(23(31)15-27)29-26(34)19(28(3)4)13-24(32)30-21-11-7-5-9-17(21)18-10-6-8-12-22(18)30/h5-12,16,19-20H,13-15H2,1-4H3,(H,29,34)/t19-,20?/m1/s1. The van der Waals surface area contributed by atoms with Crippen molar-refractivity contribution in [1.82, 2.24) is 9.88 Å². The first kappa shape index (κ1) is 26.8. The van der Waals surface area contributed by atoms with Crippen LogP contribution in [0.2, 0.25) is 0 Å². The second-order valence-corrected chi connectivity index (χ2v) is 14.8. The molecule has 1 N–H and O–H groups in total. The predicted molar refractivity (Wildman–Crippen MR) is 143 cm³/mol. The van der Waals surface area contributed by atoms with Gasteiger partial charge in [-0.2, -0.15) is 0 Å². The van der Waals surface area contributed by atoms with E-state index in [-0.39, 0.29) is 12.3 Å². The molecule has 0 aliphatic rings. The number of benzene rings is 2. The molecule has 0 saturated heterocycles. The molecule has 0 radical (unpaired) electrons. The number of halogens is 2. The molecule has 1 heterocycles. The molecule has 0 aliphatic carbocycles. The van der Waals surface area contributed by atoms with E-state index in [1.165, 1.54) is 0 Å². The van der Waals surface area contributed by atoms with Gasteiger partial charge in [0.2, 0.25) is 0 Å². The first-order valence-corrected chi connectivity index (χ1v) is 16.8. The molecule has 9 heteroatoms. The van der Waals surface area contributed by atoms with Gasteiger partial charge < -0.3 is 0 Å². The quantitative estimate of drug-likeness (QED) is 0.214. The molecule has 0 bridgehead atoms. The Morgan fingerprint density at radius 1 is 0.943 bits per heavy atom. The van der Waals surface area contributed by atoms with E-state index >= 15 is 0 Å². The van der Waals surface area contributed by atoms with Crippen molar-refractivity contribution in [3.63, 3.8) is 0 Å². The number of Topliss-reactive ketones (excluding diaryl/α,β-unsaturated/α-hetero) is 1. The molecule has 2 atom stereocenters. The van der Waals surface area contributed by atoms with E-state index in [2.05, 4.69) is 5.32 Å². The van der Waals surface area contributed by atoms with Crippen LogP contribution in [0.4, 0.5) is 4.39 Å². The number of carbonyl (C=O) groups is 4. The van der Waals surface area contributed by atoms with E-state index in [0.29, 0.717) is 0 Å². The number of fused-ring (bicyclic) bond motifs is 3. The Labute approximate surface area is 210 Å². The maximum atomic E-state index is 13.5. The number of esters is 1. The molecular formula is C26H30FIN2O5. The average Bonchev–Trinajstić information content (AvgIpc) is 3.15. The zero-order chi connectivity index (χ0) is 25.7. The molecule has 3 rings (SSSR count). The number of nitrogens with one attached hydrogen (secondary N) is 1. The second-order valence-electron chi connectivity index (χ2n) is 8.65. The first-order chi connectivity index (χ1) is 16.6. The summed E-state index contributed by atoms with van der Waals surface area (Å²) in [5, 5.41) is 4.41. The van der Waals surface area contributed by atoms with Gasteiger partial charge in [0.1, 0.15) is 0 Å². The van der Waals surface area contributed by atoms with Gasteiger partial charge in [-0.05, 0) is 0 Å².